The number of nitrogens with zero attached hydrogens (tertiary/aromatic N) is 3. The van der Waals surface area contributed by atoms with Crippen LogP contribution in [0.4, 0.5) is 0 Å². The van der Waals surface area contributed by atoms with Crippen molar-refractivity contribution in [1.29, 1.82) is 0 Å². The lowest BCUT2D eigenvalue weighted by Crippen LogP contribution is -2.48. The molecule has 1 aliphatic rings. The molecule has 3 rings (SSSR count). The number of aliphatic hydroxyl groups is 1. The van der Waals surface area contributed by atoms with Gasteiger partial charge in [-0.1, -0.05) is 11.6 Å². The maximum Gasteiger partial charge on any atom is 0.221 e. The first-order valence-electron chi connectivity index (χ1n) is 6.17. The van der Waals surface area contributed by atoms with Crippen molar-refractivity contribution in [3.05, 3.63) is 34.6 Å². The molecule has 0 saturated carbocycles. The molecule has 2 aromatic rings. The van der Waals surface area contributed by atoms with E-state index >= 15 is 0 Å². The number of hydrogen-bond donors (Lipinski definition) is 1. The van der Waals surface area contributed by atoms with Gasteiger partial charge in [-0.25, -0.2) is 4.68 Å². The van der Waals surface area contributed by atoms with E-state index in [-0.39, 0.29) is 12.0 Å². The Labute approximate surface area is 126 Å². The summed E-state index contributed by atoms with van der Waals surface area (Å²) in [6.07, 6.45) is 0. The third kappa shape index (κ3) is 2.54. The minimum absolute atomic E-state index is 0.0411. The lowest BCUT2D eigenvalue weighted by Gasteiger charge is -2.39. The fraction of sp³-hybridized carbons (Fsp3) is 0.385. The molecule has 0 amide bonds. The molecule has 1 aromatic carbocycles. The van der Waals surface area contributed by atoms with Crippen LogP contribution in [0.5, 0.6) is 0 Å². The zero-order chi connectivity index (χ0) is 14.2. The Hall–Kier alpha value is -1.14. The van der Waals surface area contributed by atoms with Crippen LogP contribution in [0.25, 0.3) is 11.4 Å². The fourth-order valence-electron chi connectivity index (χ4n) is 2.09. The SMILES string of the molecule is OCC1(Cn2nc(-c3ccc(Cl)cc3)nc2Cl)COC1. The Kier molecular flexibility index (Phi) is 3.69. The number of aromatic nitrogens is 3. The molecule has 0 atom stereocenters. The second-order valence-corrected chi connectivity index (χ2v) is 5.79. The van der Waals surface area contributed by atoms with Gasteiger partial charge in [0.2, 0.25) is 5.28 Å². The molecule has 0 unspecified atom stereocenters. The Balaban J connectivity index is 1.85. The number of hydrogen-bond acceptors (Lipinski definition) is 4. The van der Waals surface area contributed by atoms with Gasteiger partial charge < -0.3 is 9.84 Å². The molecule has 20 heavy (non-hydrogen) atoms. The van der Waals surface area contributed by atoms with Gasteiger partial charge in [0.25, 0.3) is 0 Å². The Morgan fingerprint density at radius 3 is 2.50 bits per heavy atom. The maximum absolute atomic E-state index is 9.44. The van der Waals surface area contributed by atoms with Gasteiger partial charge in [-0.05, 0) is 35.9 Å². The molecule has 1 saturated heterocycles. The molecule has 1 aliphatic heterocycles. The van der Waals surface area contributed by atoms with Crippen molar-refractivity contribution >= 4 is 23.2 Å². The van der Waals surface area contributed by atoms with Gasteiger partial charge >= 0.3 is 0 Å². The van der Waals surface area contributed by atoms with Crippen LogP contribution in [0, 0.1) is 5.41 Å². The number of halogens is 2. The highest BCUT2D eigenvalue weighted by Crippen LogP contribution is 2.30. The van der Waals surface area contributed by atoms with Crippen molar-refractivity contribution in [3.63, 3.8) is 0 Å². The molecule has 1 aromatic heterocycles. The lowest BCUT2D eigenvalue weighted by atomic mass is 9.87. The van der Waals surface area contributed by atoms with Gasteiger partial charge in [-0.15, -0.1) is 5.10 Å². The lowest BCUT2D eigenvalue weighted by molar-refractivity contribution is -0.146. The van der Waals surface area contributed by atoms with Gasteiger partial charge in [-0.2, -0.15) is 4.98 Å². The average molecular weight is 314 g/mol. The van der Waals surface area contributed by atoms with E-state index in [1.54, 1.807) is 16.8 Å². The summed E-state index contributed by atoms with van der Waals surface area (Å²) in [5.41, 5.74) is 0.548. The summed E-state index contributed by atoms with van der Waals surface area (Å²) in [6, 6.07) is 7.24. The molecule has 1 N–H and O–H groups in total. The first kappa shape index (κ1) is 13.8. The van der Waals surface area contributed by atoms with E-state index in [9.17, 15) is 5.11 Å². The molecule has 0 radical (unpaired) electrons. The van der Waals surface area contributed by atoms with Crippen LogP contribution in [0.2, 0.25) is 10.3 Å². The Morgan fingerprint density at radius 1 is 1.25 bits per heavy atom. The van der Waals surface area contributed by atoms with Gasteiger partial charge in [0, 0.05) is 10.6 Å². The van der Waals surface area contributed by atoms with Crippen molar-refractivity contribution in [3.8, 4) is 11.4 Å². The van der Waals surface area contributed by atoms with Crippen LogP contribution in [0.15, 0.2) is 24.3 Å². The monoisotopic (exact) mass is 313 g/mol. The topological polar surface area (TPSA) is 60.2 Å². The largest absolute Gasteiger partial charge is 0.396 e. The number of ether oxygens (including phenoxy) is 1. The average Bonchev–Trinajstić information content (AvgIpc) is 2.76. The van der Waals surface area contributed by atoms with E-state index in [1.165, 1.54) is 0 Å². The molecule has 2 heterocycles. The van der Waals surface area contributed by atoms with Crippen LogP contribution >= 0.6 is 23.2 Å². The van der Waals surface area contributed by atoms with Crippen molar-refractivity contribution in [2.75, 3.05) is 19.8 Å². The molecule has 0 aliphatic carbocycles. The number of benzene rings is 1. The predicted molar refractivity (Wildman–Crippen MR) is 75.8 cm³/mol. The summed E-state index contributed by atoms with van der Waals surface area (Å²) in [5, 5.41) is 14.8. The third-order valence-electron chi connectivity index (χ3n) is 3.37. The summed E-state index contributed by atoms with van der Waals surface area (Å²) >= 11 is 12.0. The molecule has 1 fully saturated rings. The minimum Gasteiger partial charge on any atom is -0.396 e. The summed E-state index contributed by atoms with van der Waals surface area (Å²) in [4.78, 5) is 4.24. The van der Waals surface area contributed by atoms with Crippen molar-refractivity contribution in [2.45, 2.75) is 6.54 Å². The zero-order valence-corrected chi connectivity index (χ0v) is 12.1. The predicted octanol–water partition coefficient (Wildman–Crippen LogP) is 2.26. The van der Waals surface area contributed by atoms with Crippen LogP contribution in [0.1, 0.15) is 0 Å². The fourth-order valence-corrected chi connectivity index (χ4v) is 2.39. The standard InChI is InChI=1S/C13H13Cl2N3O2/c14-10-3-1-9(2-4-10)11-16-12(15)18(17-11)5-13(6-19)7-20-8-13/h1-4,19H,5-8H2. The highest BCUT2D eigenvalue weighted by Gasteiger charge is 2.39. The molecule has 7 heteroatoms. The normalized spacial score (nSPS) is 16.9. The molecule has 0 bridgehead atoms. The highest BCUT2D eigenvalue weighted by atomic mass is 35.5. The molecular weight excluding hydrogens is 301 g/mol. The maximum atomic E-state index is 9.44. The van der Waals surface area contributed by atoms with E-state index in [0.29, 0.717) is 35.9 Å². The smallest absolute Gasteiger partial charge is 0.221 e. The third-order valence-corrected chi connectivity index (χ3v) is 3.90. The Morgan fingerprint density at radius 2 is 1.95 bits per heavy atom. The van der Waals surface area contributed by atoms with Crippen molar-refractivity contribution < 1.29 is 9.84 Å². The van der Waals surface area contributed by atoms with E-state index < -0.39 is 0 Å². The molecule has 0 spiro atoms. The first-order valence-corrected chi connectivity index (χ1v) is 6.92. The number of aliphatic hydroxyl groups excluding tert-OH is 1. The highest BCUT2D eigenvalue weighted by molar-refractivity contribution is 6.30. The first-order chi connectivity index (χ1) is 9.62. The summed E-state index contributed by atoms with van der Waals surface area (Å²) in [7, 11) is 0. The van der Waals surface area contributed by atoms with Crippen LogP contribution < -0.4 is 0 Å². The van der Waals surface area contributed by atoms with E-state index in [1.807, 2.05) is 12.1 Å². The van der Waals surface area contributed by atoms with Crippen molar-refractivity contribution in [1.82, 2.24) is 14.8 Å². The van der Waals surface area contributed by atoms with Crippen LogP contribution in [-0.2, 0) is 11.3 Å². The molecular formula is C13H13Cl2N3O2. The summed E-state index contributed by atoms with van der Waals surface area (Å²) in [6.45, 7) is 1.55. The van der Waals surface area contributed by atoms with E-state index in [0.717, 1.165) is 5.56 Å². The molecule has 106 valence electrons. The van der Waals surface area contributed by atoms with Crippen molar-refractivity contribution in [2.24, 2.45) is 5.41 Å². The quantitative estimate of drug-likeness (QED) is 0.940. The zero-order valence-electron chi connectivity index (χ0n) is 10.6. The van der Waals surface area contributed by atoms with E-state index in [4.69, 9.17) is 27.9 Å². The Bertz CT molecular complexity index is 603. The van der Waals surface area contributed by atoms with Gasteiger partial charge in [0.1, 0.15) is 0 Å². The van der Waals surface area contributed by atoms with Gasteiger partial charge in [-0.3, -0.25) is 0 Å². The molecule has 5 nitrogen and oxygen atoms in total. The van der Waals surface area contributed by atoms with E-state index in [2.05, 4.69) is 10.1 Å². The van der Waals surface area contributed by atoms with Crippen LogP contribution in [-0.4, -0.2) is 39.7 Å². The van der Waals surface area contributed by atoms with Crippen LogP contribution in [0.3, 0.4) is 0 Å². The number of rotatable bonds is 4. The summed E-state index contributed by atoms with van der Waals surface area (Å²) in [5.74, 6) is 0.542. The van der Waals surface area contributed by atoms with Gasteiger partial charge in [0.15, 0.2) is 5.82 Å². The van der Waals surface area contributed by atoms with Gasteiger partial charge in [0.05, 0.1) is 31.8 Å². The summed E-state index contributed by atoms with van der Waals surface area (Å²) < 4.78 is 6.77. The second kappa shape index (κ2) is 5.33. The second-order valence-electron chi connectivity index (χ2n) is 5.02. The minimum atomic E-state index is -0.297.